The summed E-state index contributed by atoms with van der Waals surface area (Å²) < 4.78 is 0. The van der Waals surface area contributed by atoms with Crippen LogP contribution in [0.15, 0.2) is 78.9 Å². The van der Waals surface area contributed by atoms with E-state index in [1.807, 2.05) is 43.3 Å². The zero-order chi connectivity index (χ0) is 31.4. The van der Waals surface area contributed by atoms with Gasteiger partial charge in [-0.25, -0.2) is 4.79 Å². The smallest absolute Gasteiger partial charge is 0.332 e. The first-order valence-corrected chi connectivity index (χ1v) is 15.2. The van der Waals surface area contributed by atoms with E-state index >= 15 is 0 Å². The average Bonchev–Trinajstić information content (AvgIpc) is 3.34. The first-order chi connectivity index (χ1) is 21.2. The number of aromatic hydroxyl groups is 1. The lowest BCUT2D eigenvalue weighted by Crippen LogP contribution is -2.66. The summed E-state index contributed by atoms with van der Waals surface area (Å²) in [5.41, 5.74) is 3.58. The number of fused-ring (bicyclic) bond motifs is 1. The Hall–Kier alpha value is -4.28. The van der Waals surface area contributed by atoms with Crippen molar-refractivity contribution in [3.63, 3.8) is 0 Å². The molecule has 10 nitrogen and oxygen atoms in total. The molecule has 0 saturated carbocycles. The van der Waals surface area contributed by atoms with Crippen molar-refractivity contribution in [1.82, 2.24) is 25.1 Å². The van der Waals surface area contributed by atoms with E-state index < -0.39 is 12.2 Å². The molecular formula is C33H39ClN6O4. The zero-order valence-corrected chi connectivity index (χ0v) is 25.9. The van der Waals surface area contributed by atoms with Crippen molar-refractivity contribution in [3.8, 4) is 5.75 Å². The van der Waals surface area contributed by atoms with E-state index in [0.29, 0.717) is 18.1 Å². The van der Waals surface area contributed by atoms with Gasteiger partial charge >= 0.3 is 6.03 Å². The van der Waals surface area contributed by atoms with Gasteiger partial charge in [0.05, 0.1) is 30.3 Å². The summed E-state index contributed by atoms with van der Waals surface area (Å²) in [5, 5.41) is 16.7. The van der Waals surface area contributed by atoms with E-state index in [1.165, 1.54) is 5.01 Å². The number of allylic oxidation sites excluding steroid dienone is 2. The number of amides is 4. The highest BCUT2D eigenvalue weighted by molar-refractivity contribution is 6.33. The molecule has 4 amide bonds. The Morgan fingerprint density at radius 1 is 1.14 bits per heavy atom. The van der Waals surface area contributed by atoms with Crippen LogP contribution in [0, 0.1) is 0 Å². The number of phenolic OH excluding ortho intramolecular Hbond substituents is 1. The molecule has 0 spiro atoms. The van der Waals surface area contributed by atoms with Crippen LogP contribution >= 0.6 is 11.6 Å². The standard InChI is InChI=1S/C33H39ClN6O4/c1-4-16-38(33(44)35-19-24-8-6-5-7-9-24)39-22-31(42)40-29(17-23-10-13-26(41)14-11-23)32(43)37(21-30(39)40)20-25-12-15-27(34)28(18-25)36(2)3/h4,6,8-15,18,29-30,41H,1,5,7,16-17,19-22H2,2-3H3,(H,35,44)/t29-,30+/m0/s1. The van der Waals surface area contributed by atoms with Crippen LogP contribution in [0.3, 0.4) is 0 Å². The highest BCUT2D eigenvalue weighted by Crippen LogP contribution is 2.32. The Bertz CT molecular complexity index is 1470. The van der Waals surface area contributed by atoms with E-state index in [1.54, 1.807) is 45.2 Å². The summed E-state index contributed by atoms with van der Waals surface area (Å²) in [4.78, 5) is 46.6. The lowest BCUT2D eigenvalue weighted by molar-refractivity contribution is -0.157. The van der Waals surface area contributed by atoms with Gasteiger partial charge in [-0.1, -0.05) is 54.1 Å². The summed E-state index contributed by atoms with van der Waals surface area (Å²) in [7, 11) is 3.82. The molecule has 0 bridgehead atoms. The van der Waals surface area contributed by atoms with Crippen molar-refractivity contribution in [2.24, 2.45) is 0 Å². The topological polar surface area (TPSA) is 99.7 Å². The summed E-state index contributed by atoms with van der Waals surface area (Å²) in [5.74, 6) is -0.286. The molecule has 1 aliphatic carbocycles. The van der Waals surface area contributed by atoms with Gasteiger partial charge in [-0.05, 0) is 53.8 Å². The number of piperazine rings is 1. The van der Waals surface area contributed by atoms with Crippen LogP contribution in [-0.2, 0) is 22.6 Å². The second kappa shape index (κ2) is 13.6. The molecule has 2 saturated heterocycles. The summed E-state index contributed by atoms with van der Waals surface area (Å²) in [6, 6.07) is 11.2. The number of carbonyl (C=O) groups excluding carboxylic acids is 3. The third-order valence-corrected chi connectivity index (χ3v) is 8.48. The molecule has 2 fully saturated rings. The molecule has 2 heterocycles. The highest BCUT2D eigenvalue weighted by Gasteiger charge is 2.52. The third-order valence-electron chi connectivity index (χ3n) is 8.16. The third kappa shape index (κ3) is 6.76. The van der Waals surface area contributed by atoms with E-state index in [-0.39, 0.29) is 49.7 Å². The molecule has 2 N–H and O–H groups in total. The molecular weight excluding hydrogens is 580 g/mol. The maximum absolute atomic E-state index is 14.1. The van der Waals surface area contributed by atoms with Crippen LogP contribution in [0.1, 0.15) is 24.0 Å². The highest BCUT2D eigenvalue weighted by atomic mass is 35.5. The van der Waals surface area contributed by atoms with Crippen molar-refractivity contribution < 1.29 is 19.5 Å². The first kappa shape index (κ1) is 31.2. The van der Waals surface area contributed by atoms with Crippen LogP contribution in [0.2, 0.25) is 5.02 Å². The second-order valence-electron chi connectivity index (χ2n) is 11.5. The molecule has 0 unspecified atom stereocenters. The van der Waals surface area contributed by atoms with Crippen LogP contribution in [0.25, 0.3) is 0 Å². The van der Waals surface area contributed by atoms with E-state index in [4.69, 9.17) is 11.6 Å². The molecule has 2 aliphatic heterocycles. The van der Waals surface area contributed by atoms with Gasteiger partial charge in [0.2, 0.25) is 11.8 Å². The minimum Gasteiger partial charge on any atom is -0.508 e. The van der Waals surface area contributed by atoms with Gasteiger partial charge in [-0.2, -0.15) is 5.01 Å². The fraction of sp³-hybridized carbons (Fsp3) is 0.364. The quantitative estimate of drug-likeness (QED) is 0.392. The Morgan fingerprint density at radius 3 is 2.57 bits per heavy atom. The Morgan fingerprint density at radius 2 is 1.89 bits per heavy atom. The molecule has 2 aromatic rings. The normalized spacial score (nSPS) is 19.9. The Labute approximate surface area is 263 Å². The van der Waals surface area contributed by atoms with E-state index in [0.717, 1.165) is 35.2 Å². The molecule has 44 heavy (non-hydrogen) atoms. The number of nitrogens with zero attached hydrogens (tertiary/aromatic N) is 5. The van der Waals surface area contributed by atoms with Crippen LogP contribution in [0.5, 0.6) is 5.75 Å². The fourth-order valence-electron chi connectivity index (χ4n) is 5.96. The SMILES string of the molecule is C=CCN(C(=O)NCC1=CCCC=C1)N1CC(=O)N2[C@@H](Cc3ccc(O)cc3)C(=O)N(Cc3ccc(Cl)c(N(C)C)c3)C[C@@H]21. The van der Waals surface area contributed by atoms with Crippen molar-refractivity contribution in [2.45, 2.75) is 38.0 Å². The maximum Gasteiger partial charge on any atom is 0.332 e. The van der Waals surface area contributed by atoms with Crippen LogP contribution in [0.4, 0.5) is 10.5 Å². The summed E-state index contributed by atoms with van der Waals surface area (Å²) in [6.45, 7) is 4.89. The van der Waals surface area contributed by atoms with Gasteiger partial charge in [-0.15, -0.1) is 6.58 Å². The number of rotatable bonds is 10. The number of nitrogens with one attached hydrogen (secondary N) is 1. The lowest BCUT2D eigenvalue weighted by Gasteiger charge is -2.46. The maximum atomic E-state index is 14.1. The molecule has 0 aromatic heterocycles. The summed E-state index contributed by atoms with van der Waals surface area (Å²) in [6.07, 6.45) is 9.46. The predicted molar refractivity (Wildman–Crippen MR) is 171 cm³/mol. The number of carbonyl (C=O) groups is 3. The average molecular weight is 619 g/mol. The van der Waals surface area contributed by atoms with E-state index in [2.05, 4.69) is 24.0 Å². The number of hydrogen-bond acceptors (Lipinski definition) is 6. The molecule has 232 valence electrons. The number of urea groups is 1. The van der Waals surface area contributed by atoms with Gasteiger partial charge in [0.15, 0.2) is 0 Å². The van der Waals surface area contributed by atoms with Crippen molar-refractivity contribution in [3.05, 3.63) is 95.1 Å². The number of anilines is 1. The molecule has 2 atom stereocenters. The minimum atomic E-state index is -0.789. The number of phenols is 1. The molecule has 11 heteroatoms. The number of halogens is 1. The van der Waals surface area contributed by atoms with E-state index in [9.17, 15) is 19.5 Å². The largest absolute Gasteiger partial charge is 0.508 e. The minimum absolute atomic E-state index is 0.0482. The molecule has 5 rings (SSSR count). The van der Waals surface area contributed by atoms with Gasteiger partial charge in [0.1, 0.15) is 18.0 Å². The van der Waals surface area contributed by atoms with Crippen LogP contribution in [-0.4, -0.2) is 95.3 Å². The first-order valence-electron chi connectivity index (χ1n) is 14.8. The van der Waals surface area contributed by atoms with Gasteiger partial charge < -0.3 is 25.1 Å². The second-order valence-corrected chi connectivity index (χ2v) is 11.9. The van der Waals surface area contributed by atoms with Crippen molar-refractivity contribution in [2.75, 3.05) is 45.2 Å². The van der Waals surface area contributed by atoms with Gasteiger partial charge in [0, 0.05) is 33.6 Å². The van der Waals surface area contributed by atoms with Crippen LogP contribution < -0.4 is 10.2 Å². The molecule has 0 radical (unpaired) electrons. The number of hydrazine groups is 1. The number of benzene rings is 2. The zero-order valence-electron chi connectivity index (χ0n) is 25.2. The fourth-order valence-corrected chi connectivity index (χ4v) is 6.25. The monoisotopic (exact) mass is 618 g/mol. The van der Waals surface area contributed by atoms with Gasteiger partial charge in [-0.3, -0.25) is 14.6 Å². The van der Waals surface area contributed by atoms with Crippen molar-refractivity contribution in [1.29, 1.82) is 0 Å². The summed E-state index contributed by atoms with van der Waals surface area (Å²) >= 11 is 6.42. The molecule has 3 aliphatic rings. The predicted octanol–water partition coefficient (Wildman–Crippen LogP) is 3.92. The van der Waals surface area contributed by atoms with Gasteiger partial charge in [0.25, 0.3) is 0 Å². The Kier molecular flexibility index (Phi) is 9.61. The lowest BCUT2D eigenvalue weighted by atomic mass is 9.99. The number of hydrogen-bond donors (Lipinski definition) is 2. The molecule has 2 aromatic carbocycles. The Balaban J connectivity index is 1.44. The van der Waals surface area contributed by atoms with Crippen molar-refractivity contribution >= 4 is 35.1 Å².